The van der Waals surface area contributed by atoms with E-state index in [1.807, 2.05) is 18.2 Å². The van der Waals surface area contributed by atoms with E-state index in [9.17, 15) is 33.9 Å². The average molecular weight is 632 g/mol. The Kier molecular flexibility index (Phi) is 8.91. The van der Waals surface area contributed by atoms with Crippen LogP contribution in [-0.2, 0) is 41.6 Å². The summed E-state index contributed by atoms with van der Waals surface area (Å²) in [6.07, 6.45) is 1.17. The van der Waals surface area contributed by atoms with Crippen molar-refractivity contribution in [2.24, 2.45) is 0 Å². The molecular formula is C33H37N5O8. The highest BCUT2D eigenvalue weighted by Gasteiger charge is 2.50. The Morgan fingerprint density at radius 1 is 0.848 bits per heavy atom. The molecule has 5 aliphatic rings. The molecule has 242 valence electrons. The van der Waals surface area contributed by atoms with Gasteiger partial charge < -0.3 is 35.6 Å². The maximum atomic E-state index is 14.3. The van der Waals surface area contributed by atoms with Gasteiger partial charge in [0.05, 0.1) is 0 Å². The van der Waals surface area contributed by atoms with E-state index in [-0.39, 0.29) is 44.2 Å². The summed E-state index contributed by atoms with van der Waals surface area (Å²) in [5.74, 6) is -3.02. The van der Waals surface area contributed by atoms with E-state index in [0.29, 0.717) is 37.0 Å². The van der Waals surface area contributed by atoms with Crippen LogP contribution >= 0.6 is 0 Å². The summed E-state index contributed by atoms with van der Waals surface area (Å²) < 4.78 is 6.29. The minimum Gasteiger partial charge on any atom is -0.488 e. The predicted molar refractivity (Wildman–Crippen MR) is 162 cm³/mol. The van der Waals surface area contributed by atoms with Crippen molar-refractivity contribution < 1.29 is 38.6 Å². The van der Waals surface area contributed by atoms with Crippen LogP contribution in [-0.4, -0.2) is 99.8 Å². The van der Waals surface area contributed by atoms with Gasteiger partial charge >= 0.3 is 5.97 Å². The zero-order chi connectivity index (χ0) is 32.4. The summed E-state index contributed by atoms with van der Waals surface area (Å²) in [5.41, 5.74) is 1.39. The van der Waals surface area contributed by atoms with Crippen molar-refractivity contribution in [2.45, 2.75) is 81.3 Å². The van der Waals surface area contributed by atoms with Crippen molar-refractivity contribution in [3.8, 4) is 5.75 Å². The van der Waals surface area contributed by atoms with Gasteiger partial charge in [-0.05, 0) is 42.5 Å². The maximum absolute atomic E-state index is 14.3. The molecule has 3 saturated heterocycles. The van der Waals surface area contributed by atoms with Crippen LogP contribution in [0.2, 0.25) is 0 Å². The molecular weight excluding hydrogens is 594 g/mol. The molecule has 0 spiro atoms. The largest absolute Gasteiger partial charge is 0.488 e. The number of hydrogen-bond acceptors (Lipinski definition) is 7. The van der Waals surface area contributed by atoms with Crippen LogP contribution in [0.5, 0.6) is 5.75 Å². The number of fused-ring (bicyclic) bond motifs is 8. The number of benzene rings is 2. The van der Waals surface area contributed by atoms with Gasteiger partial charge in [-0.15, -0.1) is 0 Å². The molecule has 5 aliphatic heterocycles. The SMILES string of the molecule is O=C1CC[C@H](C(=O)N2CC[C@@H]3Oc4ccc(cc4)C[C@@H](C(=O)O)NC(=O)[C@@H](Cc4ccccc4)NC(=O)[C@@H]4CCCN4C(=O)[C@H]32)N1. The summed E-state index contributed by atoms with van der Waals surface area (Å²) in [6.45, 7) is 0.502. The normalized spacial score (nSPS) is 28.4. The highest BCUT2D eigenvalue weighted by atomic mass is 16.5. The first-order valence-corrected chi connectivity index (χ1v) is 15.7. The zero-order valence-electron chi connectivity index (χ0n) is 25.2. The highest BCUT2D eigenvalue weighted by Crippen LogP contribution is 2.30. The average Bonchev–Trinajstić information content (AvgIpc) is 3.81. The van der Waals surface area contributed by atoms with Gasteiger partial charge in [0, 0.05) is 38.8 Å². The molecule has 0 radical (unpaired) electrons. The molecule has 13 heteroatoms. The lowest BCUT2D eigenvalue weighted by atomic mass is 10.0. The summed E-state index contributed by atoms with van der Waals surface area (Å²) in [6, 6.07) is 10.7. The molecule has 5 heterocycles. The summed E-state index contributed by atoms with van der Waals surface area (Å²) in [5, 5.41) is 18.1. The Bertz CT molecular complexity index is 1520. The maximum Gasteiger partial charge on any atom is 0.326 e. The second kappa shape index (κ2) is 13.2. The van der Waals surface area contributed by atoms with Gasteiger partial charge in [-0.1, -0.05) is 42.5 Å². The van der Waals surface area contributed by atoms with Crippen LogP contribution in [0.3, 0.4) is 0 Å². The van der Waals surface area contributed by atoms with E-state index >= 15 is 0 Å². The lowest BCUT2D eigenvalue weighted by Crippen LogP contribution is -2.60. The fraction of sp³-hybridized carbons (Fsp3) is 0.455. The summed E-state index contributed by atoms with van der Waals surface area (Å²) in [4.78, 5) is 82.4. The monoisotopic (exact) mass is 631 g/mol. The van der Waals surface area contributed by atoms with Crippen molar-refractivity contribution in [3.63, 3.8) is 0 Å². The highest BCUT2D eigenvalue weighted by molar-refractivity contribution is 5.97. The third-order valence-electron chi connectivity index (χ3n) is 9.19. The predicted octanol–water partition coefficient (Wildman–Crippen LogP) is 0.158. The van der Waals surface area contributed by atoms with Crippen LogP contribution in [0.4, 0.5) is 0 Å². The van der Waals surface area contributed by atoms with Gasteiger partial charge in [0.2, 0.25) is 29.5 Å². The van der Waals surface area contributed by atoms with Gasteiger partial charge in [-0.2, -0.15) is 0 Å². The first-order chi connectivity index (χ1) is 22.2. The molecule has 2 aromatic carbocycles. The Labute approximate surface area is 265 Å². The minimum atomic E-state index is -1.26. The number of ether oxygens (including phenoxy) is 1. The number of hydrogen-bond donors (Lipinski definition) is 4. The molecule has 46 heavy (non-hydrogen) atoms. The summed E-state index contributed by atoms with van der Waals surface area (Å²) >= 11 is 0. The van der Waals surface area contributed by atoms with Crippen molar-refractivity contribution in [1.29, 1.82) is 0 Å². The van der Waals surface area contributed by atoms with Crippen LogP contribution in [0.1, 0.15) is 43.2 Å². The molecule has 0 unspecified atom stereocenters. The number of rotatable bonds is 4. The van der Waals surface area contributed by atoms with Gasteiger partial charge in [-0.3, -0.25) is 24.0 Å². The van der Waals surface area contributed by atoms with E-state index in [2.05, 4.69) is 16.0 Å². The molecule has 0 saturated carbocycles. The van der Waals surface area contributed by atoms with Gasteiger partial charge in [0.15, 0.2) is 0 Å². The van der Waals surface area contributed by atoms with Crippen molar-refractivity contribution >= 4 is 35.5 Å². The lowest BCUT2D eigenvalue weighted by molar-refractivity contribution is -0.149. The molecule has 0 aliphatic carbocycles. The lowest BCUT2D eigenvalue weighted by Gasteiger charge is -2.34. The quantitative estimate of drug-likeness (QED) is 0.369. The fourth-order valence-corrected chi connectivity index (χ4v) is 6.81. The van der Waals surface area contributed by atoms with Crippen molar-refractivity contribution in [2.75, 3.05) is 13.1 Å². The number of carboxylic acid groups (broad SMARTS) is 1. The number of nitrogens with zero attached hydrogens (tertiary/aromatic N) is 2. The Morgan fingerprint density at radius 2 is 1.61 bits per heavy atom. The van der Waals surface area contributed by atoms with E-state index in [1.165, 1.54) is 9.80 Å². The molecule has 2 bridgehead atoms. The van der Waals surface area contributed by atoms with Gasteiger partial charge in [-0.25, -0.2) is 4.79 Å². The van der Waals surface area contributed by atoms with Gasteiger partial charge in [0.25, 0.3) is 0 Å². The molecule has 5 amide bonds. The Morgan fingerprint density at radius 3 is 2.30 bits per heavy atom. The van der Waals surface area contributed by atoms with Gasteiger partial charge in [0.1, 0.15) is 42.1 Å². The van der Waals surface area contributed by atoms with Crippen LogP contribution in [0.25, 0.3) is 0 Å². The Balaban J connectivity index is 1.35. The number of carbonyl (C=O) groups excluding carboxylic acids is 5. The van der Waals surface area contributed by atoms with Crippen LogP contribution in [0.15, 0.2) is 54.6 Å². The first kappa shape index (κ1) is 31.1. The third-order valence-corrected chi connectivity index (χ3v) is 9.19. The standard InChI is InChI=1S/C33H37N5O8/c39-27-13-12-22(34-27)31(42)38-16-14-26-28(38)32(43)37-15-4-7-25(37)30(41)35-23(17-19-5-2-1-3-6-19)29(40)36-24(33(44)45)18-20-8-10-21(46-26)11-9-20/h1-3,5-6,8-11,22-26,28H,4,7,12-18H2,(H,34,39)(H,35,41)(H,36,40)(H,44,45)/t22-,23-,24+,25+,26+,28+/m1/s1. The molecule has 0 aromatic heterocycles. The second-order valence-electron chi connectivity index (χ2n) is 12.3. The topological polar surface area (TPSA) is 174 Å². The van der Waals surface area contributed by atoms with Crippen LogP contribution < -0.4 is 20.7 Å². The minimum absolute atomic E-state index is 0.0102. The van der Waals surface area contributed by atoms with E-state index < -0.39 is 60.0 Å². The van der Waals surface area contributed by atoms with Crippen LogP contribution in [0, 0.1) is 0 Å². The van der Waals surface area contributed by atoms with E-state index in [0.717, 1.165) is 5.56 Å². The third kappa shape index (κ3) is 6.53. The molecule has 6 atom stereocenters. The van der Waals surface area contributed by atoms with E-state index in [4.69, 9.17) is 4.74 Å². The Hall–Kier alpha value is -4.94. The molecule has 7 rings (SSSR count). The number of nitrogens with one attached hydrogen (secondary N) is 3. The fourth-order valence-electron chi connectivity index (χ4n) is 6.81. The number of amides is 5. The number of aliphatic carboxylic acids is 1. The molecule has 13 nitrogen and oxygen atoms in total. The molecule has 3 fully saturated rings. The van der Waals surface area contributed by atoms with Crippen molar-refractivity contribution in [1.82, 2.24) is 25.8 Å². The second-order valence-corrected chi connectivity index (χ2v) is 12.3. The summed E-state index contributed by atoms with van der Waals surface area (Å²) in [7, 11) is 0. The molecule has 4 N–H and O–H groups in total. The first-order valence-electron chi connectivity index (χ1n) is 15.7. The smallest absolute Gasteiger partial charge is 0.326 e. The number of carbonyl (C=O) groups is 6. The number of likely N-dealkylation sites (tertiary alicyclic amines) is 1. The molecule has 2 aromatic rings. The van der Waals surface area contributed by atoms with Crippen molar-refractivity contribution in [3.05, 3.63) is 65.7 Å². The van der Waals surface area contributed by atoms with E-state index in [1.54, 1.807) is 36.4 Å². The number of carboxylic acids is 1. The zero-order valence-corrected chi connectivity index (χ0v) is 25.2.